The summed E-state index contributed by atoms with van der Waals surface area (Å²) in [6, 6.07) is 1.78. The standard InChI is InChI=1S/C14H13Cl2FO5/c1-3-21-13(19)11(14(20)22-4-2)12(18)7-5-10(17)9(16)6-8(7)15/h5-6,11H,3-4H2,1-2H3. The lowest BCUT2D eigenvalue weighted by molar-refractivity contribution is -0.158. The second-order valence-electron chi connectivity index (χ2n) is 4.05. The van der Waals surface area contributed by atoms with Crippen LogP contribution in [-0.4, -0.2) is 30.9 Å². The van der Waals surface area contributed by atoms with E-state index in [2.05, 4.69) is 9.47 Å². The van der Waals surface area contributed by atoms with Crippen LogP contribution in [-0.2, 0) is 19.1 Å². The summed E-state index contributed by atoms with van der Waals surface area (Å²) in [4.78, 5) is 36.0. The number of halogens is 3. The van der Waals surface area contributed by atoms with Gasteiger partial charge in [0.1, 0.15) is 5.82 Å². The van der Waals surface area contributed by atoms with Gasteiger partial charge in [0.05, 0.1) is 23.3 Å². The molecule has 0 aromatic heterocycles. The maximum Gasteiger partial charge on any atom is 0.328 e. The van der Waals surface area contributed by atoms with Crippen LogP contribution in [0.4, 0.5) is 4.39 Å². The minimum absolute atomic E-state index is 0.0370. The number of rotatable bonds is 6. The number of Topliss-reactive ketones (excluding diaryl/α,β-unsaturated/α-hetero) is 1. The molecule has 0 heterocycles. The van der Waals surface area contributed by atoms with E-state index in [-0.39, 0.29) is 28.8 Å². The van der Waals surface area contributed by atoms with Gasteiger partial charge >= 0.3 is 11.9 Å². The van der Waals surface area contributed by atoms with Crippen LogP contribution in [0.15, 0.2) is 12.1 Å². The molecule has 8 heteroatoms. The Morgan fingerprint density at radius 3 is 2.00 bits per heavy atom. The molecule has 0 aliphatic heterocycles. The molecule has 0 amide bonds. The molecule has 0 saturated heterocycles. The molecule has 0 unspecified atom stereocenters. The van der Waals surface area contributed by atoms with E-state index in [0.717, 1.165) is 12.1 Å². The van der Waals surface area contributed by atoms with Gasteiger partial charge in [0.2, 0.25) is 5.92 Å². The number of hydrogen-bond donors (Lipinski definition) is 0. The predicted molar refractivity (Wildman–Crippen MR) is 77.5 cm³/mol. The van der Waals surface area contributed by atoms with Crippen molar-refractivity contribution in [3.05, 3.63) is 33.6 Å². The van der Waals surface area contributed by atoms with Crippen molar-refractivity contribution in [2.45, 2.75) is 13.8 Å². The Balaban J connectivity index is 3.24. The molecule has 0 N–H and O–H groups in total. The van der Waals surface area contributed by atoms with Crippen molar-refractivity contribution in [2.24, 2.45) is 5.92 Å². The highest BCUT2D eigenvalue weighted by atomic mass is 35.5. The lowest BCUT2D eigenvalue weighted by atomic mass is 9.97. The Morgan fingerprint density at radius 2 is 1.55 bits per heavy atom. The summed E-state index contributed by atoms with van der Waals surface area (Å²) < 4.78 is 22.9. The van der Waals surface area contributed by atoms with Crippen LogP contribution in [0.5, 0.6) is 0 Å². The first-order chi connectivity index (χ1) is 10.3. The molecule has 1 aromatic rings. The van der Waals surface area contributed by atoms with Gasteiger partial charge in [-0.2, -0.15) is 0 Å². The fourth-order valence-corrected chi connectivity index (χ4v) is 2.10. The highest BCUT2D eigenvalue weighted by molar-refractivity contribution is 6.38. The number of benzene rings is 1. The molecule has 0 spiro atoms. The van der Waals surface area contributed by atoms with Crippen LogP contribution < -0.4 is 0 Å². The second-order valence-corrected chi connectivity index (χ2v) is 4.86. The smallest absolute Gasteiger partial charge is 0.328 e. The third-order valence-electron chi connectivity index (χ3n) is 2.58. The van der Waals surface area contributed by atoms with Gasteiger partial charge in [0, 0.05) is 5.56 Å². The van der Waals surface area contributed by atoms with E-state index in [1.54, 1.807) is 0 Å². The van der Waals surface area contributed by atoms with Gasteiger partial charge in [0.25, 0.3) is 0 Å². The first kappa shape index (κ1) is 18.4. The summed E-state index contributed by atoms with van der Waals surface area (Å²) in [5.41, 5.74) is -0.352. The Labute approximate surface area is 136 Å². The summed E-state index contributed by atoms with van der Waals surface area (Å²) in [6.45, 7) is 2.95. The molecule has 22 heavy (non-hydrogen) atoms. The summed E-state index contributed by atoms with van der Waals surface area (Å²) >= 11 is 11.4. The van der Waals surface area contributed by atoms with Gasteiger partial charge in [-0.3, -0.25) is 14.4 Å². The molecule has 120 valence electrons. The SMILES string of the molecule is CCOC(=O)C(C(=O)OCC)C(=O)c1cc(F)c(Cl)cc1Cl. The molecule has 0 aliphatic carbocycles. The molecule has 0 radical (unpaired) electrons. The van der Waals surface area contributed by atoms with Gasteiger partial charge in [0.15, 0.2) is 5.78 Å². The lowest BCUT2D eigenvalue weighted by Crippen LogP contribution is -2.35. The maximum atomic E-state index is 13.5. The monoisotopic (exact) mass is 350 g/mol. The van der Waals surface area contributed by atoms with E-state index in [9.17, 15) is 18.8 Å². The van der Waals surface area contributed by atoms with Crippen LogP contribution in [0, 0.1) is 11.7 Å². The number of hydrogen-bond acceptors (Lipinski definition) is 5. The maximum absolute atomic E-state index is 13.5. The van der Waals surface area contributed by atoms with Gasteiger partial charge in [-0.1, -0.05) is 23.2 Å². The van der Waals surface area contributed by atoms with Crippen molar-refractivity contribution in [1.82, 2.24) is 0 Å². The minimum atomic E-state index is -1.86. The number of ketones is 1. The average Bonchev–Trinajstić information content (AvgIpc) is 2.43. The van der Waals surface area contributed by atoms with Crippen LogP contribution >= 0.6 is 23.2 Å². The van der Waals surface area contributed by atoms with Gasteiger partial charge in [-0.25, -0.2) is 4.39 Å². The van der Waals surface area contributed by atoms with Crippen LogP contribution in [0.25, 0.3) is 0 Å². The Morgan fingerprint density at radius 1 is 1.05 bits per heavy atom. The highest BCUT2D eigenvalue weighted by Crippen LogP contribution is 2.27. The topological polar surface area (TPSA) is 69.7 Å². The third-order valence-corrected chi connectivity index (χ3v) is 3.18. The molecular formula is C14H13Cl2FO5. The van der Waals surface area contributed by atoms with Gasteiger partial charge in [-0.15, -0.1) is 0 Å². The summed E-state index contributed by atoms with van der Waals surface area (Å²) in [6.07, 6.45) is 0. The zero-order chi connectivity index (χ0) is 16.9. The fourth-order valence-electron chi connectivity index (χ4n) is 1.63. The van der Waals surface area contributed by atoms with Gasteiger partial charge < -0.3 is 9.47 Å². The lowest BCUT2D eigenvalue weighted by Gasteiger charge is -2.14. The van der Waals surface area contributed by atoms with Crippen molar-refractivity contribution in [3.63, 3.8) is 0 Å². The summed E-state index contributed by atoms with van der Waals surface area (Å²) in [5, 5.41) is -0.472. The molecule has 0 bridgehead atoms. The first-order valence-corrected chi connectivity index (χ1v) is 7.11. The normalized spacial score (nSPS) is 10.5. The fraction of sp³-hybridized carbons (Fsp3) is 0.357. The summed E-state index contributed by atoms with van der Waals surface area (Å²) in [7, 11) is 0. The van der Waals surface area contributed by atoms with Crippen LogP contribution in [0.3, 0.4) is 0 Å². The first-order valence-electron chi connectivity index (χ1n) is 6.35. The zero-order valence-electron chi connectivity index (χ0n) is 11.8. The average molecular weight is 351 g/mol. The Kier molecular flexibility index (Phi) is 6.77. The quantitative estimate of drug-likeness (QED) is 0.341. The minimum Gasteiger partial charge on any atom is -0.465 e. The van der Waals surface area contributed by atoms with E-state index in [1.165, 1.54) is 13.8 Å². The van der Waals surface area contributed by atoms with Gasteiger partial charge in [-0.05, 0) is 26.0 Å². The molecule has 0 atom stereocenters. The molecule has 0 fully saturated rings. The van der Waals surface area contributed by atoms with Crippen molar-refractivity contribution in [1.29, 1.82) is 0 Å². The third kappa shape index (κ3) is 4.18. The van der Waals surface area contributed by atoms with E-state index < -0.39 is 29.5 Å². The van der Waals surface area contributed by atoms with Crippen molar-refractivity contribution in [2.75, 3.05) is 13.2 Å². The van der Waals surface area contributed by atoms with E-state index in [0.29, 0.717) is 0 Å². The Hall–Kier alpha value is -1.66. The second kappa shape index (κ2) is 8.10. The van der Waals surface area contributed by atoms with Crippen LogP contribution in [0.2, 0.25) is 10.0 Å². The largest absolute Gasteiger partial charge is 0.465 e. The zero-order valence-corrected chi connectivity index (χ0v) is 13.3. The number of esters is 2. The molecule has 0 aliphatic rings. The number of ether oxygens (including phenoxy) is 2. The van der Waals surface area contributed by atoms with E-state index >= 15 is 0 Å². The number of carbonyl (C=O) groups is 3. The van der Waals surface area contributed by atoms with E-state index in [4.69, 9.17) is 23.2 Å². The summed E-state index contributed by atoms with van der Waals surface area (Å²) in [5.74, 6) is -5.95. The molecular weight excluding hydrogens is 338 g/mol. The Bertz CT molecular complexity index is 585. The molecule has 1 rings (SSSR count). The number of carbonyl (C=O) groups excluding carboxylic acids is 3. The highest BCUT2D eigenvalue weighted by Gasteiger charge is 2.38. The molecule has 1 aromatic carbocycles. The van der Waals surface area contributed by atoms with E-state index in [1.807, 2.05) is 0 Å². The van der Waals surface area contributed by atoms with Crippen molar-refractivity contribution >= 4 is 40.9 Å². The van der Waals surface area contributed by atoms with Crippen molar-refractivity contribution in [3.8, 4) is 0 Å². The van der Waals surface area contributed by atoms with Crippen LogP contribution in [0.1, 0.15) is 24.2 Å². The van der Waals surface area contributed by atoms with Crippen molar-refractivity contribution < 1.29 is 28.2 Å². The molecule has 5 nitrogen and oxygen atoms in total. The molecule has 0 saturated carbocycles. The predicted octanol–water partition coefficient (Wildman–Crippen LogP) is 3.06.